The average molecular weight is 399 g/mol. The summed E-state index contributed by atoms with van der Waals surface area (Å²) in [4.78, 5) is 23.9. The summed E-state index contributed by atoms with van der Waals surface area (Å²) in [7, 11) is 0. The lowest BCUT2D eigenvalue weighted by Crippen LogP contribution is -2.46. The molecular weight excluding hydrogens is 372 g/mol. The summed E-state index contributed by atoms with van der Waals surface area (Å²) in [5.41, 5.74) is 2.81. The molecule has 2 saturated heterocycles. The largest absolute Gasteiger partial charge is 0.368 e. The van der Waals surface area contributed by atoms with Crippen LogP contribution in [-0.4, -0.2) is 55.1 Å². The van der Waals surface area contributed by atoms with Gasteiger partial charge in [0, 0.05) is 61.9 Å². The second kappa shape index (κ2) is 8.82. The first kappa shape index (κ1) is 19.1. The second-order valence-electron chi connectivity index (χ2n) is 7.56. The normalized spacial score (nSPS) is 18.1. The Bertz CT molecular complexity index is 812. The summed E-state index contributed by atoms with van der Waals surface area (Å²) in [5.74, 6) is 0.0707. The standard InChI is InChI=1S/C22H27ClN4O/c23-18-6-5-7-19(16-18)25-12-14-26(15-13-25)20-8-9-24-21(17-20)22(28)27-10-3-1-2-4-11-27/h5-9,16-17H,1-4,10-15H2. The van der Waals surface area contributed by atoms with Crippen molar-refractivity contribution in [3.8, 4) is 0 Å². The number of aromatic nitrogens is 1. The maximum absolute atomic E-state index is 12.9. The van der Waals surface area contributed by atoms with Crippen LogP contribution in [0.15, 0.2) is 42.6 Å². The van der Waals surface area contributed by atoms with E-state index in [1.54, 1.807) is 6.20 Å². The van der Waals surface area contributed by atoms with E-state index in [2.05, 4.69) is 20.9 Å². The average Bonchev–Trinajstić information content (AvgIpc) is 3.03. The van der Waals surface area contributed by atoms with Crippen molar-refractivity contribution in [2.24, 2.45) is 0 Å². The van der Waals surface area contributed by atoms with Crippen molar-refractivity contribution >= 4 is 28.9 Å². The van der Waals surface area contributed by atoms with Gasteiger partial charge in [-0.25, -0.2) is 0 Å². The van der Waals surface area contributed by atoms with Crippen LogP contribution in [0.1, 0.15) is 36.2 Å². The molecule has 4 rings (SSSR count). The van der Waals surface area contributed by atoms with Crippen molar-refractivity contribution in [1.82, 2.24) is 9.88 Å². The molecular formula is C22H27ClN4O. The highest BCUT2D eigenvalue weighted by atomic mass is 35.5. The third-order valence-electron chi connectivity index (χ3n) is 5.67. The number of benzene rings is 1. The topological polar surface area (TPSA) is 39.7 Å². The fraction of sp³-hybridized carbons (Fsp3) is 0.455. The summed E-state index contributed by atoms with van der Waals surface area (Å²) in [6.07, 6.45) is 6.39. The summed E-state index contributed by atoms with van der Waals surface area (Å²) in [6, 6.07) is 12.0. The second-order valence-corrected chi connectivity index (χ2v) is 8.00. The van der Waals surface area contributed by atoms with Crippen LogP contribution < -0.4 is 9.80 Å². The number of piperazine rings is 1. The summed E-state index contributed by atoms with van der Waals surface area (Å²) in [6.45, 7) is 5.38. The summed E-state index contributed by atoms with van der Waals surface area (Å²) < 4.78 is 0. The number of nitrogens with zero attached hydrogens (tertiary/aromatic N) is 4. The third kappa shape index (κ3) is 4.41. The Balaban J connectivity index is 1.41. The van der Waals surface area contributed by atoms with Gasteiger partial charge in [0.05, 0.1) is 0 Å². The fourth-order valence-corrected chi connectivity index (χ4v) is 4.25. The van der Waals surface area contributed by atoms with Crippen molar-refractivity contribution in [3.63, 3.8) is 0 Å². The number of carbonyl (C=O) groups excluding carboxylic acids is 1. The van der Waals surface area contributed by atoms with E-state index in [1.807, 2.05) is 35.2 Å². The van der Waals surface area contributed by atoms with Crippen LogP contribution in [0.25, 0.3) is 0 Å². The van der Waals surface area contributed by atoms with Gasteiger partial charge in [0.15, 0.2) is 0 Å². The van der Waals surface area contributed by atoms with Crippen LogP contribution >= 0.6 is 11.6 Å². The number of hydrogen-bond acceptors (Lipinski definition) is 4. The lowest BCUT2D eigenvalue weighted by Gasteiger charge is -2.37. The summed E-state index contributed by atoms with van der Waals surface area (Å²) in [5, 5.41) is 0.769. The molecule has 148 valence electrons. The monoisotopic (exact) mass is 398 g/mol. The predicted molar refractivity (Wildman–Crippen MR) is 114 cm³/mol. The Morgan fingerprint density at radius 2 is 1.46 bits per heavy atom. The number of hydrogen-bond donors (Lipinski definition) is 0. The molecule has 2 aliphatic rings. The molecule has 3 heterocycles. The lowest BCUT2D eigenvalue weighted by molar-refractivity contribution is 0.0756. The van der Waals surface area contributed by atoms with Crippen LogP contribution in [0.5, 0.6) is 0 Å². The molecule has 0 bridgehead atoms. The molecule has 0 spiro atoms. The maximum atomic E-state index is 12.9. The van der Waals surface area contributed by atoms with Gasteiger partial charge >= 0.3 is 0 Å². The first-order chi connectivity index (χ1) is 13.7. The van der Waals surface area contributed by atoms with Gasteiger partial charge in [0.25, 0.3) is 5.91 Å². The van der Waals surface area contributed by atoms with E-state index in [1.165, 1.54) is 18.5 Å². The molecule has 2 aromatic rings. The number of amides is 1. The van der Waals surface area contributed by atoms with Crippen LogP contribution in [0.2, 0.25) is 5.02 Å². The molecule has 0 N–H and O–H groups in total. The van der Waals surface area contributed by atoms with Gasteiger partial charge in [-0.15, -0.1) is 0 Å². The number of carbonyl (C=O) groups is 1. The molecule has 0 saturated carbocycles. The Kier molecular flexibility index (Phi) is 6.01. The zero-order chi connectivity index (χ0) is 19.3. The van der Waals surface area contributed by atoms with Crippen molar-refractivity contribution in [2.45, 2.75) is 25.7 Å². The van der Waals surface area contributed by atoms with Gasteiger partial charge in [0.1, 0.15) is 5.69 Å². The Morgan fingerprint density at radius 3 is 2.11 bits per heavy atom. The molecule has 28 heavy (non-hydrogen) atoms. The van der Waals surface area contributed by atoms with E-state index < -0.39 is 0 Å². The smallest absolute Gasteiger partial charge is 0.272 e. The first-order valence-corrected chi connectivity index (χ1v) is 10.6. The zero-order valence-corrected chi connectivity index (χ0v) is 16.9. The maximum Gasteiger partial charge on any atom is 0.272 e. The molecule has 1 aromatic carbocycles. The van der Waals surface area contributed by atoms with E-state index in [9.17, 15) is 4.79 Å². The van der Waals surface area contributed by atoms with Gasteiger partial charge in [-0.05, 0) is 43.2 Å². The zero-order valence-electron chi connectivity index (χ0n) is 16.2. The predicted octanol–water partition coefficient (Wildman–Crippen LogP) is 4.08. The van der Waals surface area contributed by atoms with Crippen molar-refractivity contribution < 1.29 is 4.79 Å². The molecule has 5 nitrogen and oxygen atoms in total. The molecule has 0 unspecified atom stereocenters. The number of pyridine rings is 1. The fourth-order valence-electron chi connectivity index (χ4n) is 4.06. The van der Waals surface area contributed by atoms with Gasteiger partial charge in [-0.2, -0.15) is 0 Å². The molecule has 1 aromatic heterocycles. The minimum absolute atomic E-state index is 0.0707. The highest BCUT2D eigenvalue weighted by Gasteiger charge is 2.21. The highest BCUT2D eigenvalue weighted by molar-refractivity contribution is 6.30. The van der Waals surface area contributed by atoms with Crippen molar-refractivity contribution in [1.29, 1.82) is 0 Å². The van der Waals surface area contributed by atoms with Gasteiger partial charge < -0.3 is 14.7 Å². The van der Waals surface area contributed by atoms with Crippen LogP contribution in [-0.2, 0) is 0 Å². The Morgan fingerprint density at radius 1 is 0.821 bits per heavy atom. The molecule has 6 heteroatoms. The Hall–Kier alpha value is -2.27. The molecule has 0 radical (unpaired) electrons. The molecule has 2 fully saturated rings. The quantitative estimate of drug-likeness (QED) is 0.781. The van der Waals surface area contributed by atoms with E-state index in [4.69, 9.17) is 11.6 Å². The van der Waals surface area contributed by atoms with Crippen LogP contribution in [0.4, 0.5) is 11.4 Å². The van der Waals surface area contributed by atoms with Gasteiger partial charge in [0.2, 0.25) is 0 Å². The molecule has 2 aliphatic heterocycles. The Labute approximate surface area is 171 Å². The van der Waals surface area contributed by atoms with Gasteiger partial charge in [-0.1, -0.05) is 30.5 Å². The summed E-state index contributed by atoms with van der Waals surface area (Å²) >= 11 is 6.13. The third-order valence-corrected chi connectivity index (χ3v) is 5.91. The number of anilines is 2. The lowest BCUT2D eigenvalue weighted by atomic mass is 10.2. The van der Waals surface area contributed by atoms with Crippen LogP contribution in [0, 0.1) is 0 Å². The van der Waals surface area contributed by atoms with Crippen LogP contribution in [0.3, 0.4) is 0 Å². The van der Waals surface area contributed by atoms with Crippen molar-refractivity contribution in [2.75, 3.05) is 49.1 Å². The van der Waals surface area contributed by atoms with Crippen molar-refractivity contribution in [3.05, 3.63) is 53.3 Å². The van der Waals surface area contributed by atoms with E-state index in [0.29, 0.717) is 5.69 Å². The molecule has 0 atom stereocenters. The van der Waals surface area contributed by atoms with E-state index in [-0.39, 0.29) is 5.91 Å². The number of halogens is 1. The highest BCUT2D eigenvalue weighted by Crippen LogP contribution is 2.23. The van der Waals surface area contributed by atoms with Gasteiger partial charge in [-0.3, -0.25) is 9.78 Å². The van der Waals surface area contributed by atoms with E-state index >= 15 is 0 Å². The minimum atomic E-state index is 0.0707. The first-order valence-electron chi connectivity index (χ1n) is 10.2. The van der Waals surface area contributed by atoms with E-state index in [0.717, 1.165) is 62.8 Å². The molecule has 0 aliphatic carbocycles. The molecule has 1 amide bonds. The number of likely N-dealkylation sites (tertiary alicyclic amines) is 1. The minimum Gasteiger partial charge on any atom is -0.368 e. The SMILES string of the molecule is O=C(c1cc(N2CCN(c3cccc(Cl)c3)CC2)ccn1)N1CCCCCC1. The number of rotatable bonds is 3.